The number of benzene rings is 1. The summed E-state index contributed by atoms with van der Waals surface area (Å²) in [4.78, 5) is 20.5. The van der Waals surface area contributed by atoms with Crippen molar-refractivity contribution in [2.75, 3.05) is 6.54 Å². The highest BCUT2D eigenvalue weighted by atomic mass is 16.6. The van der Waals surface area contributed by atoms with Crippen LogP contribution in [0.5, 0.6) is 0 Å². The molecule has 0 aliphatic rings. The summed E-state index contributed by atoms with van der Waals surface area (Å²) in [6.07, 6.45) is 0.142. The molecule has 0 saturated heterocycles. The van der Waals surface area contributed by atoms with E-state index in [0.29, 0.717) is 0 Å². The van der Waals surface area contributed by atoms with Crippen LogP contribution < -0.4 is 0 Å². The lowest BCUT2D eigenvalue weighted by Gasteiger charge is -1.99. The van der Waals surface area contributed by atoms with Gasteiger partial charge in [0.05, 0.1) is 0 Å². The summed E-state index contributed by atoms with van der Waals surface area (Å²) in [5.41, 5.74) is 1.88. The number of ketones is 1. The third kappa shape index (κ3) is 3.35. The Morgan fingerprint density at radius 1 is 1.50 bits per heavy atom. The Balaban J connectivity index is 2.60. The molecule has 14 heavy (non-hydrogen) atoms. The molecule has 4 nitrogen and oxygen atoms in total. The van der Waals surface area contributed by atoms with Crippen LogP contribution in [-0.2, 0) is 11.2 Å². The van der Waals surface area contributed by atoms with Crippen LogP contribution in [0.25, 0.3) is 0 Å². The number of hydrogen-bond donors (Lipinski definition) is 0. The van der Waals surface area contributed by atoms with Crippen molar-refractivity contribution in [2.45, 2.75) is 13.3 Å². The largest absolute Gasteiger partial charge is 0.292 e. The minimum atomic E-state index is -0.599. The quantitative estimate of drug-likeness (QED) is 0.536. The topological polar surface area (TPSA) is 60.2 Å². The Morgan fingerprint density at radius 3 is 2.79 bits per heavy atom. The van der Waals surface area contributed by atoms with Crippen LogP contribution in [0.4, 0.5) is 0 Å². The van der Waals surface area contributed by atoms with E-state index >= 15 is 0 Å². The highest BCUT2D eigenvalue weighted by molar-refractivity contribution is 5.81. The Labute approximate surface area is 81.7 Å². The molecular formula is C10H11NO3. The van der Waals surface area contributed by atoms with Crippen molar-refractivity contribution < 1.29 is 9.72 Å². The zero-order valence-electron chi connectivity index (χ0n) is 7.90. The third-order valence-corrected chi connectivity index (χ3v) is 1.79. The fraction of sp³-hybridized carbons (Fsp3) is 0.300. The van der Waals surface area contributed by atoms with Gasteiger partial charge in [0.2, 0.25) is 5.78 Å². The number of carbonyl (C=O) groups is 1. The maximum atomic E-state index is 11.1. The van der Waals surface area contributed by atoms with E-state index in [1.54, 1.807) is 6.07 Å². The van der Waals surface area contributed by atoms with Crippen LogP contribution in [0.1, 0.15) is 11.1 Å². The minimum Gasteiger partial charge on any atom is -0.292 e. The fourth-order valence-corrected chi connectivity index (χ4v) is 1.25. The van der Waals surface area contributed by atoms with Crippen molar-refractivity contribution >= 4 is 5.78 Å². The third-order valence-electron chi connectivity index (χ3n) is 1.79. The number of nitrogens with zero attached hydrogens (tertiary/aromatic N) is 1. The first-order chi connectivity index (χ1) is 6.58. The average Bonchev–Trinajstić information content (AvgIpc) is 2.01. The first-order valence-electron chi connectivity index (χ1n) is 4.27. The Morgan fingerprint density at radius 2 is 2.21 bits per heavy atom. The maximum Gasteiger partial charge on any atom is 0.261 e. The molecule has 0 saturated carbocycles. The molecule has 0 aliphatic carbocycles. The highest BCUT2D eigenvalue weighted by Crippen LogP contribution is 2.04. The molecule has 0 atom stereocenters. The van der Waals surface area contributed by atoms with Crippen molar-refractivity contribution in [3.05, 3.63) is 45.5 Å². The van der Waals surface area contributed by atoms with Gasteiger partial charge in [0.25, 0.3) is 6.54 Å². The van der Waals surface area contributed by atoms with Gasteiger partial charge in [-0.25, -0.2) is 0 Å². The zero-order valence-corrected chi connectivity index (χ0v) is 7.90. The molecule has 0 N–H and O–H groups in total. The number of nitro groups is 1. The average molecular weight is 193 g/mol. The first-order valence-corrected chi connectivity index (χ1v) is 4.27. The lowest BCUT2D eigenvalue weighted by molar-refractivity contribution is -0.467. The second-order valence-electron chi connectivity index (χ2n) is 3.20. The van der Waals surface area contributed by atoms with E-state index in [9.17, 15) is 14.9 Å². The number of rotatable bonds is 4. The summed E-state index contributed by atoms with van der Waals surface area (Å²) in [6.45, 7) is 1.33. The standard InChI is InChI=1S/C10H11NO3/c1-8-3-2-4-9(5-8)6-10(12)7-11(13)14/h2-5H,6-7H2,1H3. The molecule has 0 aliphatic heterocycles. The maximum absolute atomic E-state index is 11.1. The van der Waals surface area contributed by atoms with Crippen LogP contribution in [-0.4, -0.2) is 17.3 Å². The first kappa shape index (κ1) is 10.4. The zero-order chi connectivity index (χ0) is 10.6. The minimum absolute atomic E-state index is 0.142. The van der Waals surface area contributed by atoms with Gasteiger partial charge in [-0.2, -0.15) is 0 Å². The molecule has 0 heterocycles. The monoisotopic (exact) mass is 193 g/mol. The highest BCUT2D eigenvalue weighted by Gasteiger charge is 2.09. The lowest BCUT2D eigenvalue weighted by Crippen LogP contribution is -2.15. The number of hydrogen-bond acceptors (Lipinski definition) is 3. The molecule has 1 rings (SSSR count). The molecular weight excluding hydrogens is 182 g/mol. The Bertz CT molecular complexity index is 360. The van der Waals surface area contributed by atoms with Crippen molar-refractivity contribution in [1.82, 2.24) is 0 Å². The summed E-state index contributed by atoms with van der Waals surface area (Å²) < 4.78 is 0. The van der Waals surface area contributed by atoms with E-state index in [1.807, 2.05) is 25.1 Å². The van der Waals surface area contributed by atoms with E-state index < -0.39 is 11.5 Å². The molecule has 0 fully saturated rings. The van der Waals surface area contributed by atoms with Gasteiger partial charge >= 0.3 is 0 Å². The number of Topliss-reactive ketones (excluding diaryl/α,β-unsaturated/α-hetero) is 1. The molecule has 0 unspecified atom stereocenters. The SMILES string of the molecule is Cc1cccc(CC(=O)C[N+](=O)[O-])c1. The second kappa shape index (κ2) is 4.50. The van der Waals surface area contributed by atoms with Crippen LogP contribution in [0.15, 0.2) is 24.3 Å². The molecule has 0 bridgehead atoms. The van der Waals surface area contributed by atoms with Crippen LogP contribution in [0.2, 0.25) is 0 Å². The summed E-state index contributed by atoms with van der Waals surface area (Å²) in [5.74, 6) is -0.361. The van der Waals surface area contributed by atoms with Gasteiger partial charge in [0.1, 0.15) is 0 Å². The van der Waals surface area contributed by atoms with Crippen molar-refractivity contribution in [3.63, 3.8) is 0 Å². The molecule has 0 spiro atoms. The molecule has 4 heteroatoms. The van der Waals surface area contributed by atoms with Crippen LogP contribution >= 0.6 is 0 Å². The van der Waals surface area contributed by atoms with Gasteiger partial charge in [0, 0.05) is 11.3 Å². The van der Waals surface area contributed by atoms with Crippen molar-refractivity contribution in [2.24, 2.45) is 0 Å². The lowest BCUT2D eigenvalue weighted by atomic mass is 10.1. The summed E-state index contributed by atoms with van der Waals surface area (Å²) >= 11 is 0. The molecule has 1 aromatic carbocycles. The van der Waals surface area contributed by atoms with E-state index in [1.165, 1.54) is 0 Å². The van der Waals surface area contributed by atoms with E-state index in [4.69, 9.17) is 0 Å². The predicted octanol–water partition coefficient (Wildman–Crippen LogP) is 1.38. The van der Waals surface area contributed by atoms with Gasteiger partial charge in [-0.1, -0.05) is 29.8 Å². The van der Waals surface area contributed by atoms with Gasteiger partial charge in [-0.05, 0) is 12.5 Å². The van der Waals surface area contributed by atoms with Gasteiger partial charge < -0.3 is 0 Å². The van der Waals surface area contributed by atoms with Crippen molar-refractivity contribution in [1.29, 1.82) is 0 Å². The molecule has 0 amide bonds. The van der Waals surface area contributed by atoms with Gasteiger partial charge in [0.15, 0.2) is 0 Å². The Kier molecular flexibility index (Phi) is 3.34. The molecule has 0 radical (unpaired) electrons. The normalized spacial score (nSPS) is 9.79. The second-order valence-corrected chi connectivity index (χ2v) is 3.20. The van der Waals surface area contributed by atoms with Crippen molar-refractivity contribution in [3.8, 4) is 0 Å². The fourth-order valence-electron chi connectivity index (χ4n) is 1.25. The van der Waals surface area contributed by atoms with E-state index in [0.717, 1.165) is 11.1 Å². The smallest absolute Gasteiger partial charge is 0.261 e. The number of carbonyl (C=O) groups excluding carboxylic acids is 1. The number of aryl methyl sites for hydroxylation is 1. The van der Waals surface area contributed by atoms with E-state index in [-0.39, 0.29) is 12.2 Å². The van der Waals surface area contributed by atoms with Gasteiger partial charge in [-0.15, -0.1) is 0 Å². The Hall–Kier alpha value is -1.71. The molecule has 1 aromatic rings. The van der Waals surface area contributed by atoms with Gasteiger partial charge in [-0.3, -0.25) is 14.9 Å². The van der Waals surface area contributed by atoms with Crippen LogP contribution in [0.3, 0.4) is 0 Å². The van der Waals surface area contributed by atoms with E-state index in [2.05, 4.69) is 0 Å². The molecule has 74 valence electrons. The summed E-state index contributed by atoms with van der Waals surface area (Å²) in [5, 5.41) is 10.1. The summed E-state index contributed by atoms with van der Waals surface area (Å²) in [7, 11) is 0. The summed E-state index contributed by atoms with van der Waals surface area (Å²) in [6, 6.07) is 7.41. The van der Waals surface area contributed by atoms with Crippen LogP contribution in [0, 0.1) is 17.0 Å². The predicted molar refractivity (Wildman–Crippen MR) is 51.8 cm³/mol. The molecule has 0 aromatic heterocycles.